The van der Waals surface area contributed by atoms with E-state index in [0.29, 0.717) is 46.6 Å². The van der Waals surface area contributed by atoms with E-state index >= 15 is 0 Å². The molecule has 7 nitrogen and oxygen atoms in total. The third kappa shape index (κ3) is 9.17. The molecular weight excluding hydrogens is 523 g/mol. The van der Waals surface area contributed by atoms with Crippen LogP contribution in [0.1, 0.15) is 29.8 Å². The van der Waals surface area contributed by atoms with E-state index in [0.717, 1.165) is 23.9 Å². The third-order valence-corrected chi connectivity index (χ3v) is 5.12. The summed E-state index contributed by atoms with van der Waals surface area (Å²) >= 11 is 18.8. The van der Waals surface area contributed by atoms with Crippen LogP contribution in [0.3, 0.4) is 0 Å². The number of aromatic nitrogens is 3. The summed E-state index contributed by atoms with van der Waals surface area (Å²) in [6.07, 6.45) is 3.50. The van der Waals surface area contributed by atoms with Gasteiger partial charge in [-0.2, -0.15) is 0 Å². The van der Waals surface area contributed by atoms with Gasteiger partial charge >= 0.3 is 0 Å². The topological polar surface area (TPSA) is 86.6 Å². The van der Waals surface area contributed by atoms with Crippen molar-refractivity contribution in [3.63, 3.8) is 0 Å². The molecule has 0 spiro atoms. The molecule has 0 saturated heterocycles. The Kier molecular flexibility index (Phi) is 12.0. The molecule has 0 aliphatic carbocycles. The van der Waals surface area contributed by atoms with Crippen LogP contribution >= 0.6 is 46.8 Å². The second-order valence-corrected chi connectivity index (χ2v) is 7.86. The van der Waals surface area contributed by atoms with Crippen LogP contribution in [0.5, 0.6) is 11.6 Å². The van der Waals surface area contributed by atoms with Crippen LogP contribution in [0.15, 0.2) is 42.9 Å². The van der Waals surface area contributed by atoms with Gasteiger partial charge in [-0.25, -0.2) is 29.0 Å². The minimum atomic E-state index is -2.72. The molecule has 0 aliphatic rings. The monoisotopic (exact) mass is 539 g/mol. The number of ether oxygens (including phenoxy) is 1. The van der Waals surface area contributed by atoms with Crippen molar-refractivity contribution in [3.8, 4) is 11.6 Å². The lowest BCUT2D eigenvalue weighted by molar-refractivity contribution is -0.432. The number of halogens is 5. The van der Waals surface area contributed by atoms with E-state index in [1.807, 2.05) is 6.07 Å². The second kappa shape index (κ2) is 14.5. The first-order valence-corrected chi connectivity index (χ1v) is 11.5. The van der Waals surface area contributed by atoms with Crippen molar-refractivity contribution in [2.24, 2.45) is 0 Å². The molecule has 3 aromatic rings. The molecule has 1 N–H and O–H groups in total. The number of benzene rings is 1. The van der Waals surface area contributed by atoms with Gasteiger partial charge in [-0.05, 0) is 43.0 Å². The van der Waals surface area contributed by atoms with Crippen LogP contribution in [0.4, 0.5) is 8.78 Å². The van der Waals surface area contributed by atoms with Crippen molar-refractivity contribution in [1.29, 1.82) is 0 Å². The van der Waals surface area contributed by atoms with Crippen molar-refractivity contribution < 1.29 is 28.1 Å². The zero-order chi connectivity index (χ0) is 24.2. The summed E-state index contributed by atoms with van der Waals surface area (Å²) in [6, 6.07) is 8.53. The number of alkyl halides is 2. The maximum Gasteiger partial charge on any atom is 0.281 e. The molecule has 1 aromatic carbocycles. The first-order chi connectivity index (χ1) is 15.8. The van der Waals surface area contributed by atoms with Gasteiger partial charge in [-0.1, -0.05) is 45.9 Å². The Morgan fingerprint density at radius 1 is 1.06 bits per heavy atom. The van der Waals surface area contributed by atoms with Crippen LogP contribution in [0.2, 0.25) is 15.1 Å². The van der Waals surface area contributed by atoms with E-state index in [2.05, 4.69) is 24.3 Å². The zero-order valence-electron chi connectivity index (χ0n) is 17.1. The summed E-state index contributed by atoms with van der Waals surface area (Å²) in [5, 5.41) is 11.3. The highest BCUT2D eigenvalue weighted by Crippen LogP contribution is 2.31. The van der Waals surface area contributed by atoms with Gasteiger partial charge in [0, 0.05) is 35.6 Å². The molecule has 178 valence electrons. The number of pyridine rings is 1. The van der Waals surface area contributed by atoms with Crippen molar-refractivity contribution in [2.45, 2.75) is 25.7 Å². The molecule has 0 radical (unpaired) electrons. The van der Waals surface area contributed by atoms with Crippen LogP contribution in [-0.2, 0) is 22.2 Å². The highest BCUT2D eigenvalue weighted by atomic mass is 35.5. The first kappa shape index (κ1) is 27.5. The van der Waals surface area contributed by atoms with E-state index in [4.69, 9.17) is 44.8 Å². The summed E-state index contributed by atoms with van der Waals surface area (Å²) in [7, 11) is 0. The van der Waals surface area contributed by atoms with Crippen LogP contribution < -0.4 is 4.74 Å². The highest BCUT2D eigenvalue weighted by Gasteiger charge is 2.17. The molecular formula is C20H18Cl3F2N3O4S. The van der Waals surface area contributed by atoms with Crippen molar-refractivity contribution in [3.05, 3.63) is 74.9 Å². The summed E-state index contributed by atoms with van der Waals surface area (Å²) in [6.45, 7) is 0. The molecule has 0 saturated carbocycles. The Balaban J connectivity index is 0.000000696. The largest absolute Gasteiger partial charge is 0.437 e. The minimum Gasteiger partial charge on any atom is -0.437 e. The lowest BCUT2D eigenvalue weighted by atomic mass is 10.1. The summed E-state index contributed by atoms with van der Waals surface area (Å²) < 4.78 is 35.1. The average molecular weight is 541 g/mol. The third-order valence-electron chi connectivity index (χ3n) is 3.98. The molecule has 0 atom stereocenters. The number of nitrogens with zero attached hydrogens (tertiary/aromatic N) is 3. The van der Waals surface area contributed by atoms with Crippen LogP contribution in [0, 0.1) is 0 Å². The summed E-state index contributed by atoms with van der Waals surface area (Å²) in [5.74, 6) is 0.855. The maximum atomic E-state index is 12.8. The van der Waals surface area contributed by atoms with E-state index in [1.165, 1.54) is 0 Å². The number of rotatable bonds is 9. The second-order valence-electron chi connectivity index (χ2n) is 6.16. The quantitative estimate of drug-likeness (QED) is 0.170. The maximum absolute atomic E-state index is 12.8. The summed E-state index contributed by atoms with van der Waals surface area (Å²) in [4.78, 5) is 11.8. The van der Waals surface area contributed by atoms with Crippen molar-refractivity contribution in [1.82, 2.24) is 15.0 Å². The highest BCUT2D eigenvalue weighted by molar-refractivity contribution is 7.93. The van der Waals surface area contributed by atoms with Gasteiger partial charge in [0.25, 0.3) is 6.43 Å². The molecule has 0 amide bonds. The summed E-state index contributed by atoms with van der Waals surface area (Å²) in [5.41, 5.74) is 0.946. The number of hydrogen-bond donors (Lipinski definition) is 1. The SMILES string of the molecule is CSOOO.FC(F)c1ncnc(CCCc2ccc(Oc3ccc(Cl)cc3Cl)nc2)c1Cl. The number of aryl methyl sites for hydroxylation is 2. The van der Waals surface area contributed by atoms with Gasteiger partial charge in [-0.3, -0.25) is 0 Å². The standard InChI is InChI=1S/C19H14Cl3F2N3O.CH4O3S/c20-12-5-6-15(13(21)8-12)28-16-7-4-11(9-25-16)2-1-3-14-17(22)18(19(23)24)27-10-26-14;1-5-4-3-2/h4-10,19H,1-3H2;2H,1H3. The Labute approximate surface area is 208 Å². The van der Waals surface area contributed by atoms with Crippen molar-refractivity contribution >= 4 is 46.8 Å². The molecule has 0 unspecified atom stereocenters. The molecule has 0 aliphatic heterocycles. The van der Waals surface area contributed by atoms with Crippen molar-refractivity contribution in [2.75, 3.05) is 6.26 Å². The zero-order valence-corrected chi connectivity index (χ0v) is 20.1. The van der Waals surface area contributed by atoms with Gasteiger partial charge in [0.2, 0.25) is 5.88 Å². The fourth-order valence-electron chi connectivity index (χ4n) is 2.53. The Morgan fingerprint density at radius 3 is 2.42 bits per heavy atom. The van der Waals surface area contributed by atoms with E-state index in [1.54, 1.807) is 36.7 Å². The molecule has 2 heterocycles. The fourth-order valence-corrected chi connectivity index (χ4v) is 3.31. The average Bonchev–Trinajstić information content (AvgIpc) is 2.79. The van der Waals surface area contributed by atoms with Gasteiger partial charge in [0.05, 0.1) is 15.7 Å². The number of hydrogen-bond acceptors (Lipinski definition) is 8. The predicted molar refractivity (Wildman–Crippen MR) is 123 cm³/mol. The fraction of sp³-hybridized carbons (Fsp3) is 0.250. The van der Waals surface area contributed by atoms with Gasteiger partial charge in [-0.15, -0.1) is 4.33 Å². The lowest BCUT2D eigenvalue weighted by Crippen LogP contribution is -2.01. The van der Waals surface area contributed by atoms with Crippen LogP contribution in [-0.4, -0.2) is 26.5 Å². The predicted octanol–water partition coefficient (Wildman–Crippen LogP) is 7.42. The van der Waals surface area contributed by atoms with Gasteiger partial charge < -0.3 is 4.74 Å². The van der Waals surface area contributed by atoms with Gasteiger partial charge in [0.15, 0.2) is 0 Å². The van der Waals surface area contributed by atoms with E-state index < -0.39 is 12.1 Å². The van der Waals surface area contributed by atoms with E-state index in [-0.39, 0.29) is 5.02 Å². The molecule has 13 heteroatoms. The van der Waals surface area contributed by atoms with Gasteiger partial charge in [0.1, 0.15) is 17.8 Å². The minimum absolute atomic E-state index is 0.0702. The molecule has 0 bridgehead atoms. The Bertz CT molecular complexity index is 1020. The van der Waals surface area contributed by atoms with Crippen LogP contribution in [0.25, 0.3) is 0 Å². The Hall–Kier alpha value is -1.79. The smallest absolute Gasteiger partial charge is 0.281 e. The first-order valence-electron chi connectivity index (χ1n) is 9.21. The molecule has 33 heavy (non-hydrogen) atoms. The normalized spacial score (nSPS) is 10.7. The Morgan fingerprint density at radius 2 is 1.85 bits per heavy atom. The molecule has 0 fully saturated rings. The molecule has 3 rings (SSSR count). The lowest BCUT2D eigenvalue weighted by Gasteiger charge is -2.08. The van der Waals surface area contributed by atoms with E-state index in [9.17, 15) is 8.78 Å². The molecule has 2 aromatic heterocycles.